The standard InChI is InChI=1S/C16H18N2O3/c1-10(18-15(20)9-14(19)16(17)21)12-7-6-11-4-2-3-5-13(11)8-12/h2-8,10,14,19H,9H2,1H3,(H2,17,21)(H,18,20). The van der Waals surface area contributed by atoms with E-state index in [2.05, 4.69) is 5.32 Å². The topological polar surface area (TPSA) is 92.4 Å². The highest BCUT2D eigenvalue weighted by molar-refractivity contribution is 5.87. The van der Waals surface area contributed by atoms with E-state index < -0.39 is 17.9 Å². The molecule has 4 N–H and O–H groups in total. The number of hydrogen-bond acceptors (Lipinski definition) is 3. The minimum atomic E-state index is -1.45. The lowest BCUT2D eigenvalue weighted by Gasteiger charge is -2.16. The largest absolute Gasteiger partial charge is 0.383 e. The minimum absolute atomic E-state index is 0.220. The van der Waals surface area contributed by atoms with E-state index >= 15 is 0 Å². The highest BCUT2D eigenvalue weighted by Crippen LogP contribution is 2.20. The van der Waals surface area contributed by atoms with Gasteiger partial charge in [0, 0.05) is 0 Å². The van der Waals surface area contributed by atoms with Crippen LogP contribution in [0.15, 0.2) is 42.5 Å². The first kappa shape index (κ1) is 15.0. The second kappa shape index (κ2) is 6.37. The van der Waals surface area contributed by atoms with Crippen LogP contribution in [0.5, 0.6) is 0 Å². The quantitative estimate of drug-likeness (QED) is 0.772. The SMILES string of the molecule is CC(NC(=O)CC(O)C(N)=O)c1ccc2ccccc2c1. The number of amides is 2. The van der Waals surface area contributed by atoms with Crippen LogP contribution in [0.3, 0.4) is 0 Å². The van der Waals surface area contributed by atoms with Gasteiger partial charge in [0.2, 0.25) is 11.8 Å². The summed E-state index contributed by atoms with van der Waals surface area (Å²) in [6.07, 6.45) is -1.78. The van der Waals surface area contributed by atoms with Gasteiger partial charge in [0.15, 0.2) is 0 Å². The summed E-state index contributed by atoms with van der Waals surface area (Å²) in [6.45, 7) is 1.85. The van der Waals surface area contributed by atoms with Gasteiger partial charge in [-0.2, -0.15) is 0 Å². The zero-order valence-electron chi connectivity index (χ0n) is 11.7. The monoisotopic (exact) mass is 286 g/mol. The van der Waals surface area contributed by atoms with Gasteiger partial charge in [0.25, 0.3) is 0 Å². The number of fused-ring (bicyclic) bond motifs is 1. The van der Waals surface area contributed by atoms with Gasteiger partial charge in [0.1, 0.15) is 6.10 Å². The van der Waals surface area contributed by atoms with Gasteiger partial charge in [0.05, 0.1) is 12.5 Å². The zero-order valence-corrected chi connectivity index (χ0v) is 11.7. The van der Waals surface area contributed by atoms with Crippen LogP contribution in [0.4, 0.5) is 0 Å². The molecule has 0 heterocycles. The molecule has 2 unspecified atom stereocenters. The summed E-state index contributed by atoms with van der Waals surface area (Å²) in [5, 5.41) is 14.2. The zero-order chi connectivity index (χ0) is 15.4. The molecule has 5 heteroatoms. The molecule has 2 amide bonds. The van der Waals surface area contributed by atoms with Gasteiger partial charge < -0.3 is 16.2 Å². The second-order valence-corrected chi connectivity index (χ2v) is 5.02. The average molecular weight is 286 g/mol. The molecular formula is C16H18N2O3. The maximum Gasteiger partial charge on any atom is 0.246 e. The Hall–Kier alpha value is -2.40. The molecule has 0 saturated carbocycles. The average Bonchev–Trinajstić information content (AvgIpc) is 2.46. The fourth-order valence-corrected chi connectivity index (χ4v) is 2.14. The second-order valence-electron chi connectivity index (χ2n) is 5.02. The third-order valence-electron chi connectivity index (χ3n) is 3.36. The summed E-state index contributed by atoms with van der Waals surface area (Å²) in [4.78, 5) is 22.5. The van der Waals surface area contributed by atoms with Gasteiger partial charge in [-0.15, -0.1) is 0 Å². The summed E-state index contributed by atoms with van der Waals surface area (Å²) in [5.41, 5.74) is 5.87. The van der Waals surface area contributed by atoms with Crippen molar-refractivity contribution in [1.82, 2.24) is 5.32 Å². The van der Waals surface area contributed by atoms with Crippen LogP contribution in [0.2, 0.25) is 0 Å². The van der Waals surface area contributed by atoms with Crippen molar-refractivity contribution in [2.75, 3.05) is 0 Å². The molecule has 2 aromatic rings. The van der Waals surface area contributed by atoms with E-state index in [1.807, 2.05) is 49.4 Å². The van der Waals surface area contributed by atoms with Crippen molar-refractivity contribution < 1.29 is 14.7 Å². The molecule has 0 aliphatic rings. The number of nitrogens with two attached hydrogens (primary N) is 1. The molecule has 21 heavy (non-hydrogen) atoms. The normalized spacial score (nSPS) is 13.6. The van der Waals surface area contributed by atoms with E-state index in [0.717, 1.165) is 16.3 Å². The number of nitrogens with one attached hydrogen (secondary N) is 1. The highest BCUT2D eigenvalue weighted by atomic mass is 16.3. The Morgan fingerprint density at radius 3 is 2.52 bits per heavy atom. The number of rotatable bonds is 5. The molecule has 0 aliphatic carbocycles. The maximum absolute atomic E-state index is 11.7. The van der Waals surface area contributed by atoms with Crippen molar-refractivity contribution in [2.24, 2.45) is 5.73 Å². The third kappa shape index (κ3) is 3.79. The van der Waals surface area contributed by atoms with Gasteiger partial charge in [-0.3, -0.25) is 9.59 Å². The molecule has 0 fully saturated rings. The number of aliphatic hydroxyl groups is 1. The van der Waals surface area contributed by atoms with E-state index in [1.165, 1.54) is 0 Å². The number of hydrogen-bond donors (Lipinski definition) is 3. The van der Waals surface area contributed by atoms with E-state index in [1.54, 1.807) is 0 Å². The summed E-state index contributed by atoms with van der Waals surface area (Å²) in [5.74, 6) is -1.31. The van der Waals surface area contributed by atoms with Crippen LogP contribution in [0.1, 0.15) is 24.9 Å². The van der Waals surface area contributed by atoms with Crippen LogP contribution in [0.25, 0.3) is 10.8 Å². The lowest BCUT2D eigenvalue weighted by molar-refractivity contribution is -0.132. The molecule has 5 nitrogen and oxygen atoms in total. The Kier molecular flexibility index (Phi) is 4.55. The lowest BCUT2D eigenvalue weighted by atomic mass is 10.0. The minimum Gasteiger partial charge on any atom is -0.383 e. The molecule has 0 aliphatic heterocycles. The first-order valence-electron chi connectivity index (χ1n) is 6.73. The number of aliphatic hydroxyl groups excluding tert-OH is 1. The molecule has 0 saturated heterocycles. The maximum atomic E-state index is 11.7. The molecule has 110 valence electrons. The molecule has 0 aromatic heterocycles. The van der Waals surface area contributed by atoms with Gasteiger partial charge in [-0.1, -0.05) is 36.4 Å². The Bertz CT molecular complexity index is 669. The fraction of sp³-hybridized carbons (Fsp3) is 0.250. The van der Waals surface area contributed by atoms with Crippen LogP contribution >= 0.6 is 0 Å². The smallest absolute Gasteiger partial charge is 0.246 e. The summed E-state index contributed by atoms with van der Waals surface area (Å²) >= 11 is 0. The summed E-state index contributed by atoms with van der Waals surface area (Å²) in [7, 11) is 0. The summed E-state index contributed by atoms with van der Waals surface area (Å²) < 4.78 is 0. The van der Waals surface area contributed by atoms with Crippen molar-refractivity contribution in [1.29, 1.82) is 0 Å². The number of benzene rings is 2. The van der Waals surface area contributed by atoms with Crippen LogP contribution < -0.4 is 11.1 Å². The van der Waals surface area contributed by atoms with E-state index in [0.29, 0.717) is 0 Å². The molecule has 0 bridgehead atoms. The lowest BCUT2D eigenvalue weighted by Crippen LogP contribution is -2.35. The predicted molar refractivity (Wildman–Crippen MR) is 80.3 cm³/mol. The summed E-state index contributed by atoms with van der Waals surface area (Å²) in [6, 6.07) is 13.7. The molecule has 0 radical (unpaired) electrons. The number of carbonyl (C=O) groups excluding carboxylic acids is 2. The molecule has 2 aromatic carbocycles. The van der Waals surface area contributed by atoms with E-state index in [-0.39, 0.29) is 12.5 Å². The van der Waals surface area contributed by atoms with E-state index in [9.17, 15) is 14.7 Å². The third-order valence-corrected chi connectivity index (χ3v) is 3.36. The van der Waals surface area contributed by atoms with Crippen molar-refractivity contribution in [2.45, 2.75) is 25.5 Å². The molecule has 2 atom stereocenters. The fourth-order valence-electron chi connectivity index (χ4n) is 2.14. The van der Waals surface area contributed by atoms with Gasteiger partial charge in [-0.25, -0.2) is 0 Å². The Balaban J connectivity index is 2.06. The van der Waals surface area contributed by atoms with Crippen LogP contribution in [-0.4, -0.2) is 23.0 Å². The van der Waals surface area contributed by atoms with Crippen molar-refractivity contribution in [3.05, 3.63) is 48.0 Å². The van der Waals surface area contributed by atoms with Gasteiger partial charge >= 0.3 is 0 Å². The number of primary amides is 1. The molecule has 0 spiro atoms. The Morgan fingerprint density at radius 2 is 1.86 bits per heavy atom. The van der Waals surface area contributed by atoms with Gasteiger partial charge in [-0.05, 0) is 29.3 Å². The highest BCUT2D eigenvalue weighted by Gasteiger charge is 2.17. The number of carbonyl (C=O) groups is 2. The first-order valence-corrected chi connectivity index (χ1v) is 6.73. The van der Waals surface area contributed by atoms with Crippen molar-refractivity contribution in [3.63, 3.8) is 0 Å². The van der Waals surface area contributed by atoms with Crippen molar-refractivity contribution >= 4 is 22.6 Å². The molecule has 2 rings (SSSR count). The molecular weight excluding hydrogens is 268 g/mol. The Morgan fingerprint density at radius 1 is 1.19 bits per heavy atom. The predicted octanol–water partition coefficient (Wildman–Crippen LogP) is 1.25. The van der Waals surface area contributed by atoms with Crippen molar-refractivity contribution in [3.8, 4) is 0 Å². The first-order chi connectivity index (χ1) is 9.97. The van der Waals surface area contributed by atoms with E-state index in [4.69, 9.17) is 5.73 Å². The Labute approximate surface area is 122 Å². The van der Waals surface area contributed by atoms with Crippen LogP contribution in [0, 0.1) is 0 Å². The van der Waals surface area contributed by atoms with Crippen LogP contribution in [-0.2, 0) is 9.59 Å².